The quantitative estimate of drug-likeness (QED) is 0.594. The number of ether oxygens (including phenoxy) is 1. The lowest BCUT2D eigenvalue weighted by Crippen LogP contribution is -2.32. The molecule has 144 valence electrons. The molecule has 5 heteroatoms. The van der Waals surface area contributed by atoms with Gasteiger partial charge in [0.15, 0.2) is 0 Å². The molecular formula is C23H23ClN2O2. The van der Waals surface area contributed by atoms with Crippen molar-refractivity contribution in [3.8, 4) is 5.75 Å². The first-order valence-corrected chi connectivity index (χ1v) is 9.43. The van der Waals surface area contributed by atoms with Gasteiger partial charge in [-0.3, -0.25) is 10.1 Å². The van der Waals surface area contributed by atoms with Crippen molar-refractivity contribution in [2.24, 2.45) is 0 Å². The van der Waals surface area contributed by atoms with Crippen molar-refractivity contribution in [3.63, 3.8) is 0 Å². The van der Waals surface area contributed by atoms with Gasteiger partial charge >= 0.3 is 0 Å². The molecule has 4 nitrogen and oxygen atoms in total. The largest absolute Gasteiger partial charge is 0.495 e. The SMILES string of the molecule is COc1ccc(C)cc1NC(=O)CNC(c1ccccc1)c1cccc(Cl)c1. The molecule has 0 bridgehead atoms. The van der Waals surface area contributed by atoms with E-state index >= 15 is 0 Å². The fourth-order valence-corrected chi connectivity index (χ4v) is 3.27. The predicted octanol–water partition coefficient (Wildman–Crippen LogP) is 4.97. The van der Waals surface area contributed by atoms with Crippen LogP contribution in [0.15, 0.2) is 72.8 Å². The summed E-state index contributed by atoms with van der Waals surface area (Å²) in [4.78, 5) is 12.6. The molecule has 1 amide bonds. The van der Waals surface area contributed by atoms with E-state index in [4.69, 9.17) is 16.3 Å². The summed E-state index contributed by atoms with van der Waals surface area (Å²) in [6.07, 6.45) is 0. The Morgan fingerprint density at radius 3 is 2.46 bits per heavy atom. The first-order valence-electron chi connectivity index (χ1n) is 9.05. The molecule has 1 atom stereocenters. The number of hydrogen-bond donors (Lipinski definition) is 2. The molecule has 0 heterocycles. The maximum Gasteiger partial charge on any atom is 0.238 e. The maximum absolute atomic E-state index is 12.6. The summed E-state index contributed by atoms with van der Waals surface area (Å²) in [7, 11) is 1.59. The smallest absolute Gasteiger partial charge is 0.238 e. The van der Waals surface area contributed by atoms with Crippen LogP contribution >= 0.6 is 11.6 Å². The van der Waals surface area contributed by atoms with Gasteiger partial charge in [0.2, 0.25) is 5.91 Å². The minimum absolute atomic E-state index is 0.142. The third-order valence-corrected chi connectivity index (χ3v) is 4.65. The Kier molecular flexibility index (Phi) is 6.69. The molecule has 0 saturated heterocycles. The Hall–Kier alpha value is -2.82. The molecule has 0 aliphatic heterocycles. The fourth-order valence-electron chi connectivity index (χ4n) is 3.07. The van der Waals surface area contributed by atoms with Crippen molar-refractivity contribution in [2.45, 2.75) is 13.0 Å². The second-order valence-electron chi connectivity index (χ2n) is 6.53. The van der Waals surface area contributed by atoms with Gasteiger partial charge in [-0.05, 0) is 47.9 Å². The van der Waals surface area contributed by atoms with Gasteiger partial charge in [0.1, 0.15) is 5.75 Å². The van der Waals surface area contributed by atoms with Crippen LogP contribution < -0.4 is 15.4 Å². The predicted molar refractivity (Wildman–Crippen MR) is 114 cm³/mol. The highest BCUT2D eigenvalue weighted by molar-refractivity contribution is 6.30. The minimum atomic E-state index is -0.148. The van der Waals surface area contributed by atoms with Crippen LogP contribution in [0, 0.1) is 6.92 Å². The highest BCUT2D eigenvalue weighted by atomic mass is 35.5. The Bertz CT molecular complexity index is 944. The van der Waals surface area contributed by atoms with Crippen LogP contribution in [0.4, 0.5) is 5.69 Å². The molecule has 0 radical (unpaired) electrons. The summed E-state index contributed by atoms with van der Waals surface area (Å²) in [5.74, 6) is 0.486. The molecule has 0 spiro atoms. The molecule has 0 fully saturated rings. The molecule has 0 aliphatic rings. The fraction of sp³-hybridized carbons (Fsp3) is 0.174. The maximum atomic E-state index is 12.6. The van der Waals surface area contributed by atoms with E-state index in [0.717, 1.165) is 16.7 Å². The summed E-state index contributed by atoms with van der Waals surface area (Å²) < 4.78 is 5.33. The summed E-state index contributed by atoms with van der Waals surface area (Å²) in [6.45, 7) is 2.11. The topological polar surface area (TPSA) is 50.4 Å². The first-order chi connectivity index (χ1) is 13.6. The zero-order valence-electron chi connectivity index (χ0n) is 15.9. The number of halogens is 1. The average Bonchev–Trinajstić information content (AvgIpc) is 2.69. The van der Waals surface area contributed by atoms with Crippen LogP contribution in [-0.2, 0) is 4.79 Å². The summed E-state index contributed by atoms with van der Waals surface area (Å²) in [5, 5.41) is 6.92. The van der Waals surface area contributed by atoms with E-state index in [1.54, 1.807) is 7.11 Å². The van der Waals surface area contributed by atoms with Gasteiger partial charge in [-0.15, -0.1) is 0 Å². The monoisotopic (exact) mass is 394 g/mol. The van der Waals surface area contributed by atoms with Crippen LogP contribution in [0.2, 0.25) is 5.02 Å². The van der Waals surface area contributed by atoms with E-state index in [9.17, 15) is 4.79 Å². The molecule has 0 saturated carbocycles. The third-order valence-electron chi connectivity index (χ3n) is 4.41. The Labute approximate surface area is 170 Å². The third kappa shape index (κ3) is 5.12. The van der Waals surface area contributed by atoms with Crippen molar-refractivity contribution in [2.75, 3.05) is 19.0 Å². The Morgan fingerprint density at radius 1 is 1.00 bits per heavy atom. The molecule has 3 aromatic rings. The number of carbonyl (C=O) groups excluding carboxylic acids is 1. The number of benzene rings is 3. The van der Waals surface area contributed by atoms with Crippen LogP contribution in [0.5, 0.6) is 5.75 Å². The lowest BCUT2D eigenvalue weighted by molar-refractivity contribution is -0.115. The number of methoxy groups -OCH3 is 1. The van der Waals surface area contributed by atoms with Crippen molar-refractivity contribution in [1.82, 2.24) is 5.32 Å². The van der Waals surface area contributed by atoms with E-state index < -0.39 is 0 Å². The van der Waals surface area contributed by atoms with Gasteiger partial charge < -0.3 is 10.1 Å². The summed E-state index contributed by atoms with van der Waals surface area (Å²) in [5.41, 5.74) is 3.77. The van der Waals surface area contributed by atoms with Crippen molar-refractivity contribution in [1.29, 1.82) is 0 Å². The van der Waals surface area contributed by atoms with Gasteiger partial charge in [0.05, 0.1) is 25.4 Å². The molecule has 28 heavy (non-hydrogen) atoms. The highest BCUT2D eigenvalue weighted by Crippen LogP contribution is 2.26. The summed E-state index contributed by atoms with van der Waals surface area (Å²) in [6, 6.07) is 23.2. The van der Waals surface area contributed by atoms with Crippen LogP contribution in [0.25, 0.3) is 0 Å². The lowest BCUT2D eigenvalue weighted by atomic mass is 9.99. The summed E-state index contributed by atoms with van der Waals surface area (Å²) >= 11 is 6.17. The highest BCUT2D eigenvalue weighted by Gasteiger charge is 2.16. The number of amides is 1. The Morgan fingerprint density at radius 2 is 1.75 bits per heavy atom. The van der Waals surface area contributed by atoms with Crippen LogP contribution in [0.3, 0.4) is 0 Å². The standard InChI is InChI=1S/C23H23ClN2O2/c1-16-11-12-21(28-2)20(13-16)26-22(27)15-25-23(17-7-4-3-5-8-17)18-9-6-10-19(24)14-18/h3-14,23,25H,15H2,1-2H3,(H,26,27). The number of hydrogen-bond acceptors (Lipinski definition) is 3. The molecule has 0 aromatic heterocycles. The number of anilines is 1. The van der Waals surface area contributed by atoms with Crippen LogP contribution in [-0.4, -0.2) is 19.6 Å². The van der Waals surface area contributed by atoms with Gasteiger partial charge in [0.25, 0.3) is 0 Å². The lowest BCUT2D eigenvalue weighted by Gasteiger charge is -2.20. The van der Waals surface area contributed by atoms with Crippen molar-refractivity contribution in [3.05, 3.63) is 94.5 Å². The molecule has 0 aliphatic carbocycles. The van der Waals surface area contributed by atoms with Crippen LogP contribution in [0.1, 0.15) is 22.7 Å². The van der Waals surface area contributed by atoms with Gasteiger partial charge in [-0.1, -0.05) is 60.1 Å². The molecule has 2 N–H and O–H groups in total. The van der Waals surface area contributed by atoms with Crippen molar-refractivity contribution >= 4 is 23.2 Å². The van der Waals surface area contributed by atoms with E-state index in [2.05, 4.69) is 10.6 Å². The number of aryl methyl sites for hydroxylation is 1. The van der Waals surface area contributed by atoms with E-state index in [1.807, 2.05) is 79.7 Å². The van der Waals surface area contributed by atoms with Crippen molar-refractivity contribution < 1.29 is 9.53 Å². The number of carbonyl (C=O) groups is 1. The minimum Gasteiger partial charge on any atom is -0.495 e. The zero-order valence-corrected chi connectivity index (χ0v) is 16.7. The second kappa shape index (κ2) is 9.40. The normalized spacial score (nSPS) is 11.7. The zero-order chi connectivity index (χ0) is 19.9. The average molecular weight is 395 g/mol. The number of rotatable bonds is 7. The van der Waals surface area contributed by atoms with Gasteiger partial charge in [-0.2, -0.15) is 0 Å². The second-order valence-corrected chi connectivity index (χ2v) is 6.97. The van der Waals surface area contributed by atoms with Gasteiger partial charge in [-0.25, -0.2) is 0 Å². The van der Waals surface area contributed by atoms with E-state index in [1.165, 1.54) is 0 Å². The molecular weight excluding hydrogens is 372 g/mol. The molecule has 3 aromatic carbocycles. The van der Waals surface area contributed by atoms with Gasteiger partial charge in [0, 0.05) is 5.02 Å². The number of nitrogens with one attached hydrogen (secondary N) is 2. The van der Waals surface area contributed by atoms with E-state index in [-0.39, 0.29) is 18.5 Å². The first kappa shape index (κ1) is 19.9. The molecule has 1 unspecified atom stereocenters. The molecule has 3 rings (SSSR count). The van der Waals surface area contributed by atoms with E-state index in [0.29, 0.717) is 16.5 Å². The Balaban J connectivity index is 1.75.